The van der Waals surface area contributed by atoms with E-state index in [4.69, 9.17) is 15.2 Å². The number of nitrogens with zero attached hydrogens (tertiary/aromatic N) is 2. The quantitative estimate of drug-likeness (QED) is 0.657. The summed E-state index contributed by atoms with van der Waals surface area (Å²) in [4.78, 5) is 0. The molecule has 2 rings (SSSR count). The van der Waals surface area contributed by atoms with E-state index in [2.05, 4.69) is 10.2 Å². The number of benzene rings is 2. The van der Waals surface area contributed by atoms with Gasteiger partial charge in [0, 0.05) is 17.8 Å². The molecule has 0 aliphatic carbocycles. The van der Waals surface area contributed by atoms with E-state index in [-0.39, 0.29) is 0 Å². The molecule has 0 aromatic heterocycles. The van der Waals surface area contributed by atoms with Gasteiger partial charge < -0.3 is 15.2 Å². The number of rotatable bonds is 5. The van der Waals surface area contributed by atoms with Crippen molar-refractivity contribution in [3.63, 3.8) is 0 Å². The fourth-order valence-corrected chi connectivity index (χ4v) is 1.67. The van der Waals surface area contributed by atoms with Gasteiger partial charge in [0.15, 0.2) is 0 Å². The van der Waals surface area contributed by atoms with Crippen LogP contribution in [0, 0.1) is 0 Å². The molecular weight excluding hydrogens is 254 g/mol. The lowest BCUT2D eigenvalue weighted by atomic mass is 10.2. The highest BCUT2D eigenvalue weighted by Gasteiger charge is 2.03. The monoisotopic (exact) mass is 271 g/mol. The van der Waals surface area contributed by atoms with Gasteiger partial charge in [0.25, 0.3) is 0 Å². The minimum absolute atomic E-state index is 0.547. The van der Waals surface area contributed by atoms with Gasteiger partial charge in [0.05, 0.1) is 19.4 Å². The van der Waals surface area contributed by atoms with Crippen LogP contribution in [-0.4, -0.2) is 13.7 Å². The maximum absolute atomic E-state index is 5.73. The third-order valence-electron chi connectivity index (χ3n) is 2.61. The van der Waals surface area contributed by atoms with Crippen molar-refractivity contribution in [2.45, 2.75) is 6.92 Å². The molecule has 20 heavy (non-hydrogen) atoms. The molecule has 0 fully saturated rings. The zero-order valence-electron chi connectivity index (χ0n) is 11.5. The van der Waals surface area contributed by atoms with E-state index in [0.29, 0.717) is 29.4 Å². The number of ether oxygens (including phenoxy) is 2. The van der Waals surface area contributed by atoms with Gasteiger partial charge >= 0.3 is 0 Å². The van der Waals surface area contributed by atoms with Gasteiger partial charge in [-0.2, -0.15) is 5.11 Å². The van der Waals surface area contributed by atoms with Crippen molar-refractivity contribution in [1.82, 2.24) is 0 Å². The Kier molecular flexibility index (Phi) is 4.55. The summed E-state index contributed by atoms with van der Waals surface area (Å²) in [6.07, 6.45) is 0. The number of anilines is 1. The first kappa shape index (κ1) is 13.9. The predicted octanol–water partition coefficient (Wildman–Crippen LogP) is 4.09. The average molecular weight is 271 g/mol. The lowest BCUT2D eigenvalue weighted by molar-refractivity contribution is 0.341. The first-order chi connectivity index (χ1) is 9.72. The molecule has 104 valence electrons. The van der Waals surface area contributed by atoms with E-state index >= 15 is 0 Å². The maximum Gasteiger partial charge on any atom is 0.148 e. The molecule has 0 aliphatic heterocycles. The summed E-state index contributed by atoms with van der Waals surface area (Å²) in [5.41, 5.74) is 7.72. The lowest BCUT2D eigenvalue weighted by Crippen LogP contribution is -1.93. The van der Waals surface area contributed by atoms with E-state index in [1.165, 1.54) is 0 Å². The molecule has 0 saturated carbocycles. The molecular formula is C15H17N3O2. The molecule has 2 aromatic carbocycles. The Hall–Kier alpha value is -2.56. The Bertz CT molecular complexity index is 612. The fourth-order valence-electron chi connectivity index (χ4n) is 1.67. The summed E-state index contributed by atoms with van der Waals surface area (Å²) in [7, 11) is 1.61. The zero-order valence-corrected chi connectivity index (χ0v) is 11.5. The molecule has 0 saturated heterocycles. The van der Waals surface area contributed by atoms with Crippen molar-refractivity contribution in [2.24, 2.45) is 10.2 Å². The molecule has 0 aliphatic rings. The Labute approximate surface area is 118 Å². The highest BCUT2D eigenvalue weighted by molar-refractivity contribution is 5.59. The van der Waals surface area contributed by atoms with Crippen molar-refractivity contribution >= 4 is 17.1 Å². The molecule has 0 amide bonds. The van der Waals surface area contributed by atoms with Crippen LogP contribution in [0.4, 0.5) is 17.1 Å². The van der Waals surface area contributed by atoms with Crippen LogP contribution in [0.5, 0.6) is 11.5 Å². The summed E-state index contributed by atoms with van der Waals surface area (Å²) in [5.74, 6) is 1.36. The number of nitrogens with two attached hydrogens (primary N) is 1. The molecule has 0 spiro atoms. The second-order valence-corrected chi connectivity index (χ2v) is 4.06. The largest absolute Gasteiger partial charge is 0.497 e. The van der Waals surface area contributed by atoms with Crippen molar-refractivity contribution < 1.29 is 9.47 Å². The Morgan fingerprint density at radius 3 is 2.70 bits per heavy atom. The normalized spacial score (nSPS) is 10.7. The molecule has 0 radical (unpaired) electrons. The lowest BCUT2D eigenvalue weighted by Gasteiger charge is -2.06. The number of hydrogen-bond donors (Lipinski definition) is 1. The minimum Gasteiger partial charge on any atom is -0.497 e. The Balaban J connectivity index is 2.26. The van der Waals surface area contributed by atoms with Crippen molar-refractivity contribution in [3.05, 3.63) is 42.5 Å². The Morgan fingerprint density at radius 1 is 1.10 bits per heavy atom. The van der Waals surface area contributed by atoms with Gasteiger partial charge in [0.1, 0.15) is 17.2 Å². The Morgan fingerprint density at radius 2 is 1.95 bits per heavy atom. The average Bonchev–Trinajstić information content (AvgIpc) is 2.47. The number of azo groups is 1. The topological polar surface area (TPSA) is 69.2 Å². The zero-order chi connectivity index (χ0) is 14.4. The summed E-state index contributed by atoms with van der Waals surface area (Å²) in [6.45, 7) is 2.46. The fraction of sp³-hybridized carbons (Fsp3) is 0.200. The number of methoxy groups -OCH3 is 1. The van der Waals surface area contributed by atoms with Crippen molar-refractivity contribution in [1.29, 1.82) is 0 Å². The molecule has 2 N–H and O–H groups in total. The first-order valence-electron chi connectivity index (χ1n) is 6.31. The van der Waals surface area contributed by atoms with E-state index in [1.807, 2.05) is 25.1 Å². The summed E-state index contributed by atoms with van der Waals surface area (Å²) >= 11 is 0. The van der Waals surface area contributed by atoms with Gasteiger partial charge in [-0.25, -0.2) is 0 Å². The highest BCUT2D eigenvalue weighted by atomic mass is 16.5. The molecule has 5 nitrogen and oxygen atoms in total. The van der Waals surface area contributed by atoms with Crippen LogP contribution in [0.15, 0.2) is 52.7 Å². The van der Waals surface area contributed by atoms with Gasteiger partial charge in [-0.3, -0.25) is 0 Å². The van der Waals surface area contributed by atoms with E-state index in [1.54, 1.807) is 31.4 Å². The highest BCUT2D eigenvalue weighted by Crippen LogP contribution is 2.31. The molecule has 0 heterocycles. The second-order valence-electron chi connectivity index (χ2n) is 4.06. The molecule has 0 bridgehead atoms. The van der Waals surface area contributed by atoms with Crippen LogP contribution >= 0.6 is 0 Å². The number of hydrogen-bond acceptors (Lipinski definition) is 5. The summed E-state index contributed by atoms with van der Waals surface area (Å²) in [6, 6.07) is 12.7. The summed E-state index contributed by atoms with van der Waals surface area (Å²) < 4.78 is 10.6. The van der Waals surface area contributed by atoms with Crippen LogP contribution < -0.4 is 15.2 Å². The predicted molar refractivity (Wildman–Crippen MR) is 79.2 cm³/mol. The second kappa shape index (κ2) is 6.56. The number of nitrogen functional groups attached to an aromatic ring is 1. The SMILES string of the molecule is CCOc1cc(N)ccc1N=Nc1cccc(OC)c1. The standard InChI is InChI=1S/C15H17N3O2/c1-3-20-15-9-11(16)7-8-14(15)18-17-12-5-4-6-13(10-12)19-2/h4-10H,3,16H2,1-2H3. The molecule has 5 heteroatoms. The van der Waals surface area contributed by atoms with Crippen molar-refractivity contribution in [2.75, 3.05) is 19.5 Å². The van der Waals surface area contributed by atoms with Crippen LogP contribution in [0.2, 0.25) is 0 Å². The smallest absolute Gasteiger partial charge is 0.148 e. The van der Waals surface area contributed by atoms with Crippen LogP contribution in [0.1, 0.15) is 6.92 Å². The van der Waals surface area contributed by atoms with Crippen LogP contribution in [-0.2, 0) is 0 Å². The van der Waals surface area contributed by atoms with E-state index < -0.39 is 0 Å². The van der Waals surface area contributed by atoms with Gasteiger partial charge in [-0.15, -0.1) is 5.11 Å². The maximum atomic E-state index is 5.73. The summed E-state index contributed by atoms with van der Waals surface area (Å²) in [5, 5.41) is 8.38. The van der Waals surface area contributed by atoms with Gasteiger partial charge in [0.2, 0.25) is 0 Å². The van der Waals surface area contributed by atoms with Crippen molar-refractivity contribution in [3.8, 4) is 11.5 Å². The molecule has 2 aromatic rings. The van der Waals surface area contributed by atoms with Gasteiger partial charge in [-0.1, -0.05) is 6.07 Å². The third kappa shape index (κ3) is 3.47. The van der Waals surface area contributed by atoms with Crippen LogP contribution in [0.25, 0.3) is 0 Å². The van der Waals surface area contributed by atoms with E-state index in [9.17, 15) is 0 Å². The van der Waals surface area contributed by atoms with E-state index in [0.717, 1.165) is 5.75 Å². The first-order valence-corrected chi connectivity index (χ1v) is 6.31. The molecule has 0 atom stereocenters. The van der Waals surface area contributed by atoms with Gasteiger partial charge in [-0.05, 0) is 31.2 Å². The van der Waals surface area contributed by atoms with Crippen LogP contribution in [0.3, 0.4) is 0 Å². The molecule has 0 unspecified atom stereocenters. The third-order valence-corrected chi connectivity index (χ3v) is 2.61. The minimum atomic E-state index is 0.547.